The predicted octanol–water partition coefficient (Wildman–Crippen LogP) is 7.37. The van der Waals surface area contributed by atoms with Gasteiger partial charge in [-0.1, -0.05) is 41.9 Å². The first-order valence-electron chi connectivity index (χ1n) is 22.7. The largest absolute Gasteiger partial charge is 0.479 e. The van der Waals surface area contributed by atoms with Gasteiger partial charge in [0.1, 0.15) is 16.7 Å². The average molecular weight is 995 g/mol. The van der Waals surface area contributed by atoms with Crippen LogP contribution in [0.2, 0.25) is 5.02 Å². The van der Waals surface area contributed by atoms with Gasteiger partial charge < -0.3 is 29.6 Å². The van der Waals surface area contributed by atoms with Crippen molar-refractivity contribution < 1.29 is 47.3 Å². The summed E-state index contributed by atoms with van der Waals surface area (Å²) >= 11 is 7.43. The number of aromatic carboxylic acids is 1. The van der Waals surface area contributed by atoms with E-state index in [0.29, 0.717) is 45.7 Å². The highest BCUT2D eigenvalue weighted by atomic mass is 35.5. The second-order valence-electron chi connectivity index (χ2n) is 18.7. The van der Waals surface area contributed by atoms with Crippen molar-refractivity contribution in [2.45, 2.75) is 81.7 Å². The molecule has 10 rings (SSSR count). The summed E-state index contributed by atoms with van der Waals surface area (Å²) in [4.78, 5) is 70.2. The van der Waals surface area contributed by atoms with E-state index in [1.807, 2.05) is 67.0 Å². The Morgan fingerprint density at radius 2 is 1.77 bits per heavy atom. The summed E-state index contributed by atoms with van der Waals surface area (Å²) in [6, 6.07) is 18.2. The summed E-state index contributed by atoms with van der Waals surface area (Å²) in [5, 5.41) is 26.6. The lowest BCUT2D eigenvalue weighted by Crippen LogP contribution is -2.55. The number of thiophene rings is 1. The van der Waals surface area contributed by atoms with Gasteiger partial charge in [0.05, 0.1) is 22.0 Å². The Morgan fingerprint density at radius 3 is 2.51 bits per heavy atom. The van der Waals surface area contributed by atoms with Gasteiger partial charge in [-0.15, -0.1) is 11.3 Å². The first-order valence-corrected chi connectivity index (χ1v) is 25.5. The first kappa shape index (κ1) is 46.2. The number of piperidine rings is 3. The van der Waals surface area contributed by atoms with E-state index in [1.165, 1.54) is 5.56 Å². The van der Waals surface area contributed by atoms with Crippen LogP contribution in [-0.4, -0.2) is 106 Å². The Bertz CT molecular complexity index is 3240. The second kappa shape index (κ2) is 17.8. The molecule has 6 aromatic rings. The van der Waals surface area contributed by atoms with E-state index < -0.39 is 46.1 Å². The lowest BCUT2D eigenvalue weighted by Gasteiger charge is -2.44. The summed E-state index contributed by atoms with van der Waals surface area (Å²) in [6.45, 7) is 4.93. The van der Waals surface area contributed by atoms with Crippen LogP contribution in [0.1, 0.15) is 89.4 Å². The maximum absolute atomic E-state index is 14.1. The van der Waals surface area contributed by atoms with E-state index >= 15 is 0 Å². The van der Waals surface area contributed by atoms with Gasteiger partial charge in [0.15, 0.2) is 17.2 Å². The monoisotopic (exact) mass is 993 g/mol. The van der Waals surface area contributed by atoms with Crippen LogP contribution < -0.4 is 25.2 Å². The number of sulfonamides is 1. The molecule has 3 amide bonds. The highest BCUT2D eigenvalue weighted by Crippen LogP contribution is 2.47. The summed E-state index contributed by atoms with van der Waals surface area (Å²) in [5.74, 6) is -3.73. The van der Waals surface area contributed by atoms with Gasteiger partial charge in [-0.05, 0) is 92.6 Å². The van der Waals surface area contributed by atoms with Crippen molar-refractivity contribution >= 4 is 96.1 Å². The molecular weight excluding hydrogens is 946 g/mol. The summed E-state index contributed by atoms with van der Waals surface area (Å²) in [7, 11) is -3.77. The third-order valence-electron chi connectivity index (χ3n) is 13.7. The Morgan fingerprint density at radius 1 is 0.986 bits per heavy atom. The molecule has 0 saturated carbocycles. The molecule has 0 aliphatic carbocycles. The fraction of sp³-hybridized carbons (Fsp3) is 0.347. The fourth-order valence-electron chi connectivity index (χ4n) is 10.6. The zero-order valence-electron chi connectivity index (χ0n) is 37.6. The van der Waals surface area contributed by atoms with Crippen molar-refractivity contribution in [1.29, 1.82) is 0 Å². The average Bonchev–Trinajstić information content (AvgIpc) is 3.97. The quantitative estimate of drug-likeness (QED) is 0.0832. The number of nitrogens with one attached hydrogen (secondary N) is 2. The minimum atomic E-state index is -3.77. The number of amides is 3. The number of halogens is 1. The lowest BCUT2D eigenvalue weighted by atomic mass is 9.85. The number of nitrogens with zero attached hydrogens (tertiary/aromatic N) is 5. The number of carbonyl (C=O) groups is 5. The fourth-order valence-corrected chi connectivity index (χ4v) is 14.0. The van der Waals surface area contributed by atoms with Gasteiger partial charge in [0.2, 0.25) is 21.8 Å². The van der Waals surface area contributed by atoms with E-state index in [0.717, 1.165) is 59.4 Å². The van der Waals surface area contributed by atoms with E-state index in [1.54, 1.807) is 33.6 Å². The number of carbonyl (C=O) groups excluding carboxylic acids is 3. The number of fused-ring (bicyclic) bond motifs is 1. The van der Waals surface area contributed by atoms with Crippen molar-refractivity contribution in [1.82, 2.24) is 19.0 Å². The maximum Gasteiger partial charge on any atom is 0.349 e. The van der Waals surface area contributed by atoms with E-state index in [4.69, 9.17) is 21.4 Å². The van der Waals surface area contributed by atoms with Crippen LogP contribution in [-0.2, 0) is 30.2 Å². The second-order valence-corrected chi connectivity index (χ2v) is 22.0. The molecule has 4 N–H and O–H groups in total. The van der Waals surface area contributed by atoms with Crippen LogP contribution in [0, 0.1) is 0 Å². The molecular formula is C49H48ClN7O10S2. The highest BCUT2D eigenvalue weighted by Gasteiger charge is 2.43. The highest BCUT2D eigenvalue weighted by molar-refractivity contribution is 7.88. The molecule has 4 aliphatic rings. The number of carboxylic acid groups (broad SMARTS) is 2. The molecule has 4 aliphatic heterocycles. The summed E-state index contributed by atoms with van der Waals surface area (Å²) in [6.07, 6.45) is 8.69. The molecule has 2 atom stereocenters. The van der Waals surface area contributed by atoms with Crippen molar-refractivity contribution in [2.24, 2.45) is 0 Å². The van der Waals surface area contributed by atoms with Crippen molar-refractivity contribution in [2.75, 3.05) is 41.4 Å². The predicted molar refractivity (Wildman–Crippen MR) is 261 cm³/mol. The van der Waals surface area contributed by atoms with Crippen LogP contribution >= 0.6 is 22.9 Å². The SMILES string of the molecule is CC1(C)CC(Nc2cccc(-c3sc(C(=O)O)c(OCC(=O)O)c3Cl)c2)CCN1S(=O)(=O)Cc1cnc2cc(N3CCC(c4ccc5c6c(cccc46)C(=O)N5C4CCC(=O)NC4=O)CC3)cn2c1. The zero-order valence-corrected chi connectivity index (χ0v) is 40.0. The molecule has 0 spiro atoms. The standard InChI is InChI=1S/C49H48ClN7O10S2/c1-49(2)21-31(52-30-6-3-5-29(19-30)44-42(50)43(67-25-40(59)60)45(68-44)48(63)64)15-18-56(49)69(65,66)26-27-22-51-38-20-32(24-55(38)23-27)54-16-13-28(14-17-54)33-9-10-36-41-34(33)7-4-8-35(41)47(62)57(36)37-11-12-39(58)53-46(37)61/h3-10,19-20,22-24,28,31,37,52H,11-18,21,25-26H2,1-2H3,(H,59,60)(H,63,64)(H,53,58,61). The number of ether oxygens (including phenoxy) is 1. The number of rotatable bonds is 13. The minimum absolute atomic E-state index is 0.00923. The third-order valence-corrected chi connectivity index (χ3v) is 17.4. The number of anilines is 3. The van der Waals surface area contributed by atoms with Crippen LogP contribution in [0.5, 0.6) is 5.75 Å². The van der Waals surface area contributed by atoms with Gasteiger partial charge in [-0.3, -0.25) is 24.6 Å². The molecule has 0 radical (unpaired) electrons. The van der Waals surface area contributed by atoms with Crippen LogP contribution in [0.3, 0.4) is 0 Å². The number of imide groups is 1. The molecule has 3 aromatic carbocycles. The Labute approximate surface area is 405 Å². The summed E-state index contributed by atoms with van der Waals surface area (Å²) < 4.78 is 37.0. The molecule has 20 heteroatoms. The molecule has 3 saturated heterocycles. The third kappa shape index (κ3) is 8.65. The Kier molecular flexibility index (Phi) is 11.9. The Balaban J connectivity index is 0.778. The first-order chi connectivity index (χ1) is 33.0. The van der Waals surface area contributed by atoms with Gasteiger partial charge >= 0.3 is 11.9 Å². The Hall–Kier alpha value is -6.54. The minimum Gasteiger partial charge on any atom is -0.479 e. The van der Waals surface area contributed by atoms with E-state index in [2.05, 4.69) is 26.6 Å². The number of benzene rings is 3. The maximum atomic E-state index is 14.1. The van der Waals surface area contributed by atoms with Crippen LogP contribution in [0.25, 0.3) is 26.9 Å². The van der Waals surface area contributed by atoms with E-state index in [-0.39, 0.29) is 64.6 Å². The molecule has 3 aromatic heterocycles. The van der Waals surface area contributed by atoms with Crippen molar-refractivity contribution in [3.63, 3.8) is 0 Å². The van der Waals surface area contributed by atoms with Gasteiger partial charge in [0.25, 0.3) is 5.91 Å². The zero-order chi connectivity index (χ0) is 48.5. The number of hydrogen-bond acceptors (Lipinski definition) is 12. The molecule has 358 valence electrons. The normalized spacial score (nSPS) is 19.9. The number of aliphatic carboxylic acids is 1. The molecule has 2 unspecified atom stereocenters. The van der Waals surface area contributed by atoms with Gasteiger partial charge in [-0.25, -0.2) is 23.0 Å². The topological polar surface area (TPSA) is 220 Å². The van der Waals surface area contributed by atoms with Gasteiger partial charge in [0, 0.05) is 84.5 Å². The number of hydrogen-bond donors (Lipinski definition) is 4. The molecule has 7 heterocycles. The van der Waals surface area contributed by atoms with E-state index in [9.17, 15) is 37.5 Å². The molecule has 17 nitrogen and oxygen atoms in total. The smallest absolute Gasteiger partial charge is 0.349 e. The summed E-state index contributed by atoms with van der Waals surface area (Å²) in [5.41, 5.74) is 5.30. The number of carboxylic acids is 2. The van der Waals surface area contributed by atoms with Gasteiger partial charge in [-0.2, -0.15) is 4.31 Å². The number of aromatic nitrogens is 2. The van der Waals surface area contributed by atoms with Crippen LogP contribution in [0.4, 0.5) is 17.1 Å². The molecule has 0 bridgehead atoms. The van der Waals surface area contributed by atoms with Crippen molar-refractivity contribution in [3.8, 4) is 16.2 Å². The lowest BCUT2D eigenvalue weighted by molar-refractivity contribution is -0.139. The molecule has 69 heavy (non-hydrogen) atoms. The molecule has 3 fully saturated rings. The van der Waals surface area contributed by atoms with Crippen LogP contribution in [0.15, 0.2) is 79.3 Å². The van der Waals surface area contributed by atoms with Crippen molar-refractivity contribution in [3.05, 3.63) is 106 Å².